The van der Waals surface area contributed by atoms with Gasteiger partial charge in [-0.2, -0.15) is 5.10 Å². The fourth-order valence-electron chi connectivity index (χ4n) is 1.84. The third-order valence-corrected chi connectivity index (χ3v) is 3.54. The van der Waals surface area contributed by atoms with Crippen LogP contribution in [0.4, 0.5) is 0 Å². The van der Waals surface area contributed by atoms with E-state index in [1.54, 1.807) is 36.2 Å². The van der Waals surface area contributed by atoms with Crippen molar-refractivity contribution in [2.75, 3.05) is 7.11 Å². The molecule has 5 nitrogen and oxygen atoms in total. The fourth-order valence-corrected chi connectivity index (χ4v) is 2.38. The summed E-state index contributed by atoms with van der Waals surface area (Å²) >= 11 is 3.39. The lowest BCUT2D eigenvalue weighted by atomic mass is 10.1. The van der Waals surface area contributed by atoms with Gasteiger partial charge in [0.25, 0.3) is 0 Å². The number of hydrogen-bond acceptors (Lipinski definition) is 3. The van der Waals surface area contributed by atoms with Gasteiger partial charge in [-0.25, -0.2) is 4.79 Å². The van der Waals surface area contributed by atoms with E-state index in [4.69, 9.17) is 4.74 Å². The van der Waals surface area contributed by atoms with E-state index in [1.807, 2.05) is 13.8 Å². The normalized spacial score (nSPS) is 10.8. The van der Waals surface area contributed by atoms with Gasteiger partial charge in [-0.3, -0.25) is 4.68 Å². The Balaban J connectivity index is 2.56. The van der Waals surface area contributed by atoms with Gasteiger partial charge in [-0.05, 0) is 48.0 Å². The number of carboxylic acid groups (broad SMARTS) is 1. The van der Waals surface area contributed by atoms with Gasteiger partial charge in [0.2, 0.25) is 0 Å². The van der Waals surface area contributed by atoms with Crippen LogP contribution in [0.1, 0.15) is 30.2 Å². The van der Waals surface area contributed by atoms with Crippen molar-refractivity contribution in [3.05, 3.63) is 34.4 Å². The number of rotatable bonds is 4. The molecule has 0 saturated heterocycles. The van der Waals surface area contributed by atoms with Gasteiger partial charge in [0.15, 0.2) is 0 Å². The molecule has 6 heteroatoms. The zero-order valence-electron chi connectivity index (χ0n) is 11.4. The number of halogens is 1. The van der Waals surface area contributed by atoms with Gasteiger partial charge >= 0.3 is 5.97 Å². The van der Waals surface area contributed by atoms with E-state index in [2.05, 4.69) is 21.0 Å². The largest absolute Gasteiger partial charge is 0.496 e. The van der Waals surface area contributed by atoms with E-state index in [1.165, 1.54) is 0 Å². The highest BCUT2D eigenvalue weighted by molar-refractivity contribution is 9.10. The molecule has 1 N–H and O–H groups in total. The maximum absolute atomic E-state index is 11.3. The Hall–Kier alpha value is -1.82. The first-order chi connectivity index (χ1) is 9.43. The number of benzene rings is 1. The minimum absolute atomic E-state index is 0.100. The lowest BCUT2D eigenvalue weighted by Crippen LogP contribution is -2.00. The molecule has 0 aliphatic rings. The molecular formula is C14H15BrN2O3. The average Bonchev–Trinajstić information content (AvgIpc) is 2.84. The molecule has 0 amide bonds. The zero-order chi connectivity index (χ0) is 14.9. The Labute approximate surface area is 125 Å². The number of carboxylic acids is 1. The van der Waals surface area contributed by atoms with Gasteiger partial charge in [-0.15, -0.1) is 0 Å². The van der Waals surface area contributed by atoms with Crippen LogP contribution >= 0.6 is 15.9 Å². The fraction of sp³-hybridized carbons (Fsp3) is 0.286. The van der Waals surface area contributed by atoms with Gasteiger partial charge in [-0.1, -0.05) is 0 Å². The number of carbonyl (C=O) groups is 1. The Kier molecular flexibility index (Phi) is 4.13. The topological polar surface area (TPSA) is 64.4 Å². The van der Waals surface area contributed by atoms with Crippen molar-refractivity contribution in [3.8, 4) is 17.0 Å². The van der Waals surface area contributed by atoms with Crippen LogP contribution in [-0.2, 0) is 0 Å². The van der Waals surface area contributed by atoms with Gasteiger partial charge in [0, 0.05) is 17.8 Å². The molecule has 0 fully saturated rings. The first kappa shape index (κ1) is 14.6. The number of methoxy groups -OCH3 is 1. The van der Waals surface area contributed by atoms with Crippen molar-refractivity contribution in [2.24, 2.45) is 0 Å². The molecule has 0 unspecified atom stereocenters. The Morgan fingerprint density at radius 1 is 1.45 bits per heavy atom. The first-order valence-electron chi connectivity index (χ1n) is 6.10. The van der Waals surface area contributed by atoms with E-state index < -0.39 is 5.97 Å². The first-order valence-corrected chi connectivity index (χ1v) is 6.89. The average molecular weight is 339 g/mol. The van der Waals surface area contributed by atoms with Crippen LogP contribution in [-0.4, -0.2) is 28.0 Å². The molecule has 2 rings (SSSR count). The van der Waals surface area contributed by atoms with Crippen LogP contribution in [0.2, 0.25) is 0 Å². The Morgan fingerprint density at radius 3 is 2.65 bits per heavy atom. The van der Waals surface area contributed by atoms with Crippen LogP contribution in [0, 0.1) is 0 Å². The molecule has 0 atom stereocenters. The number of aromatic carboxylic acids is 1. The van der Waals surface area contributed by atoms with Crippen molar-refractivity contribution < 1.29 is 14.6 Å². The molecule has 0 spiro atoms. The van der Waals surface area contributed by atoms with Crippen molar-refractivity contribution in [1.29, 1.82) is 0 Å². The molecule has 20 heavy (non-hydrogen) atoms. The second kappa shape index (κ2) is 5.66. The molecular weight excluding hydrogens is 324 g/mol. The van der Waals surface area contributed by atoms with Crippen molar-refractivity contribution in [1.82, 2.24) is 9.78 Å². The van der Waals surface area contributed by atoms with E-state index in [0.29, 0.717) is 11.4 Å². The van der Waals surface area contributed by atoms with Crippen molar-refractivity contribution in [3.63, 3.8) is 0 Å². The number of hydrogen-bond donors (Lipinski definition) is 1. The van der Waals surface area contributed by atoms with E-state index >= 15 is 0 Å². The summed E-state index contributed by atoms with van der Waals surface area (Å²) in [7, 11) is 1.58. The highest BCUT2D eigenvalue weighted by Crippen LogP contribution is 2.31. The van der Waals surface area contributed by atoms with Gasteiger partial charge in [0.1, 0.15) is 17.0 Å². The summed E-state index contributed by atoms with van der Waals surface area (Å²) in [4.78, 5) is 11.3. The summed E-state index contributed by atoms with van der Waals surface area (Å²) in [5.74, 6) is -0.298. The van der Waals surface area contributed by atoms with Crippen LogP contribution in [0.15, 0.2) is 28.9 Å². The molecule has 2 aromatic rings. The predicted molar refractivity (Wildman–Crippen MR) is 79.3 cm³/mol. The summed E-state index contributed by atoms with van der Waals surface area (Å²) in [5.41, 5.74) is 1.37. The quantitative estimate of drug-likeness (QED) is 0.924. The number of nitrogens with zero attached hydrogens (tertiary/aromatic N) is 2. The monoisotopic (exact) mass is 338 g/mol. The van der Waals surface area contributed by atoms with Crippen LogP contribution < -0.4 is 4.74 Å². The van der Waals surface area contributed by atoms with Crippen LogP contribution in [0.5, 0.6) is 5.75 Å². The van der Waals surface area contributed by atoms with Crippen molar-refractivity contribution >= 4 is 21.9 Å². The lowest BCUT2D eigenvalue weighted by molar-refractivity contribution is 0.0697. The minimum Gasteiger partial charge on any atom is -0.496 e. The Bertz CT molecular complexity index is 650. The number of ether oxygens (including phenoxy) is 1. The van der Waals surface area contributed by atoms with Crippen LogP contribution in [0.25, 0.3) is 11.3 Å². The zero-order valence-corrected chi connectivity index (χ0v) is 13.0. The molecule has 1 aromatic heterocycles. The summed E-state index contributed by atoms with van der Waals surface area (Å²) in [6.07, 6.45) is 1.56. The maximum Gasteiger partial charge on any atom is 0.339 e. The summed E-state index contributed by atoms with van der Waals surface area (Å²) in [5, 5.41) is 13.7. The van der Waals surface area contributed by atoms with E-state index in [-0.39, 0.29) is 11.6 Å². The molecule has 0 saturated carbocycles. The third kappa shape index (κ3) is 2.70. The van der Waals surface area contributed by atoms with E-state index in [9.17, 15) is 9.90 Å². The maximum atomic E-state index is 11.3. The van der Waals surface area contributed by atoms with Gasteiger partial charge in [0.05, 0.1) is 11.6 Å². The molecule has 0 bridgehead atoms. The minimum atomic E-state index is -0.987. The van der Waals surface area contributed by atoms with Crippen LogP contribution in [0.3, 0.4) is 0 Å². The van der Waals surface area contributed by atoms with Crippen molar-refractivity contribution in [2.45, 2.75) is 19.9 Å². The smallest absolute Gasteiger partial charge is 0.339 e. The summed E-state index contributed by atoms with van der Waals surface area (Å²) in [6.45, 7) is 3.90. The lowest BCUT2D eigenvalue weighted by Gasteiger charge is -2.06. The second-order valence-corrected chi connectivity index (χ2v) is 5.47. The number of aromatic nitrogens is 2. The third-order valence-electron chi connectivity index (χ3n) is 2.92. The van der Waals surface area contributed by atoms with Gasteiger partial charge < -0.3 is 9.84 Å². The molecule has 1 heterocycles. The molecule has 0 radical (unpaired) electrons. The summed E-state index contributed by atoms with van der Waals surface area (Å²) in [6, 6.07) is 5.48. The molecule has 1 aromatic carbocycles. The standard InChI is InChI=1S/C14H15BrN2O3/c1-8(2)17-7-10(14(18)19)13(16-17)9-4-5-12(20-3)11(15)6-9/h4-8H,1-3H3,(H,18,19). The SMILES string of the molecule is COc1ccc(-c2nn(C(C)C)cc2C(=O)O)cc1Br. The highest BCUT2D eigenvalue weighted by Gasteiger charge is 2.18. The second-order valence-electron chi connectivity index (χ2n) is 4.62. The highest BCUT2D eigenvalue weighted by atomic mass is 79.9. The Morgan fingerprint density at radius 2 is 2.15 bits per heavy atom. The van der Waals surface area contributed by atoms with E-state index in [0.717, 1.165) is 10.0 Å². The molecule has 106 valence electrons. The summed E-state index contributed by atoms with van der Waals surface area (Å²) < 4.78 is 7.58. The molecule has 0 aliphatic carbocycles. The predicted octanol–water partition coefficient (Wildman–Crippen LogP) is 3.60. The molecule has 0 aliphatic heterocycles.